The average Bonchev–Trinajstić information content (AvgIpc) is 3.06. The molecule has 20 heavy (non-hydrogen) atoms. The predicted molar refractivity (Wildman–Crippen MR) is 73.4 cm³/mol. The predicted octanol–water partition coefficient (Wildman–Crippen LogP) is 0.467. The molecule has 2 heterocycles. The lowest BCUT2D eigenvalue weighted by Gasteiger charge is -2.31. The van der Waals surface area contributed by atoms with Crippen molar-refractivity contribution < 1.29 is 19.4 Å². The van der Waals surface area contributed by atoms with Crippen LogP contribution in [0, 0.1) is 5.92 Å². The van der Waals surface area contributed by atoms with Gasteiger partial charge >= 0.3 is 5.97 Å². The maximum absolute atomic E-state index is 12.5. The molecule has 6 nitrogen and oxygen atoms in total. The molecule has 0 spiro atoms. The number of carbonyl (C=O) groups is 2. The summed E-state index contributed by atoms with van der Waals surface area (Å²) in [6.45, 7) is 4.11. The molecular formula is C14H24N2O4. The fourth-order valence-corrected chi connectivity index (χ4v) is 3.06. The molecule has 114 valence electrons. The monoisotopic (exact) mass is 284 g/mol. The third-order valence-electron chi connectivity index (χ3n) is 4.14. The van der Waals surface area contributed by atoms with Crippen LogP contribution in [0.15, 0.2) is 0 Å². The molecule has 2 rings (SSSR count). The zero-order valence-corrected chi connectivity index (χ0v) is 12.0. The molecule has 2 N–H and O–H groups in total. The van der Waals surface area contributed by atoms with Crippen molar-refractivity contribution in [1.29, 1.82) is 0 Å². The second-order valence-electron chi connectivity index (χ2n) is 5.63. The normalized spacial score (nSPS) is 29.6. The third-order valence-corrected chi connectivity index (χ3v) is 4.14. The highest BCUT2D eigenvalue weighted by Gasteiger charge is 2.40. The summed E-state index contributed by atoms with van der Waals surface area (Å²) in [5.41, 5.74) is 0. The SMILES string of the molecule is CCCN(C(=O)CC1CCCN1)C1COCC1C(=O)O. The quantitative estimate of drug-likeness (QED) is 0.741. The second kappa shape index (κ2) is 7.04. The van der Waals surface area contributed by atoms with Crippen LogP contribution in [0.4, 0.5) is 0 Å². The van der Waals surface area contributed by atoms with Crippen LogP contribution in [-0.4, -0.2) is 60.3 Å². The van der Waals surface area contributed by atoms with E-state index in [1.54, 1.807) is 4.90 Å². The van der Waals surface area contributed by atoms with Crippen LogP contribution in [0.5, 0.6) is 0 Å². The van der Waals surface area contributed by atoms with Gasteiger partial charge < -0.3 is 20.1 Å². The highest BCUT2D eigenvalue weighted by atomic mass is 16.5. The molecule has 2 fully saturated rings. The summed E-state index contributed by atoms with van der Waals surface area (Å²) in [5.74, 6) is -1.42. The molecule has 6 heteroatoms. The van der Waals surface area contributed by atoms with Gasteiger partial charge in [-0.1, -0.05) is 6.92 Å². The summed E-state index contributed by atoms with van der Waals surface area (Å²) in [6.07, 6.45) is 3.42. The Labute approximate surface area is 119 Å². The van der Waals surface area contributed by atoms with Gasteiger partial charge in [0.15, 0.2) is 0 Å². The van der Waals surface area contributed by atoms with Gasteiger partial charge in [-0.3, -0.25) is 9.59 Å². The molecule has 3 unspecified atom stereocenters. The molecule has 2 aliphatic rings. The van der Waals surface area contributed by atoms with Crippen LogP contribution in [-0.2, 0) is 14.3 Å². The molecule has 0 saturated carbocycles. The number of carboxylic acids is 1. The first-order valence-electron chi connectivity index (χ1n) is 7.47. The van der Waals surface area contributed by atoms with Crippen molar-refractivity contribution in [2.45, 2.75) is 44.7 Å². The van der Waals surface area contributed by atoms with Gasteiger partial charge in [0.1, 0.15) is 5.92 Å². The minimum atomic E-state index is -0.875. The first-order valence-corrected chi connectivity index (χ1v) is 7.47. The fraction of sp³-hybridized carbons (Fsp3) is 0.857. The Morgan fingerprint density at radius 2 is 2.20 bits per heavy atom. The molecule has 0 aromatic carbocycles. The van der Waals surface area contributed by atoms with Gasteiger partial charge in [0.25, 0.3) is 0 Å². The van der Waals surface area contributed by atoms with E-state index in [1.807, 2.05) is 6.92 Å². The first kappa shape index (κ1) is 15.3. The summed E-state index contributed by atoms with van der Waals surface area (Å²) in [4.78, 5) is 25.5. The van der Waals surface area contributed by atoms with E-state index in [4.69, 9.17) is 4.74 Å². The van der Waals surface area contributed by atoms with Gasteiger partial charge in [-0.15, -0.1) is 0 Å². The maximum Gasteiger partial charge on any atom is 0.311 e. The van der Waals surface area contributed by atoms with E-state index < -0.39 is 11.9 Å². The largest absolute Gasteiger partial charge is 0.481 e. The molecular weight excluding hydrogens is 260 g/mol. The van der Waals surface area contributed by atoms with Crippen LogP contribution >= 0.6 is 0 Å². The van der Waals surface area contributed by atoms with Gasteiger partial charge in [-0.2, -0.15) is 0 Å². The molecule has 0 aliphatic carbocycles. The van der Waals surface area contributed by atoms with E-state index in [9.17, 15) is 14.7 Å². The highest BCUT2D eigenvalue weighted by Crippen LogP contribution is 2.22. The Balaban J connectivity index is 2.01. The number of carboxylic acid groups (broad SMARTS) is 1. The van der Waals surface area contributed by atoms with Crippen molar-refractivity contribution in [3.05, 3.63) is 0 Å². The Bertz CT molecular complexity index is 355. The fourth-order valence-electron chi connectivity index (χ4n) is 3.06. The molecule has 0 radical (unpaired) electrons. The summed E-state index contributed by atoms with van der Waals surface area (Å²) >= 11 is 0. The van der Waals surface area contributed by atoms with Crippen molar-refractivity contribution >= 4 is 11.9 Å². The standard InChI is InChI=1S/C14H24N2O4/c1-2-6-16(12-9-20-8-11(12)14(18)19)13(17)7-10-4-3-5-15-10/h10-12,15H,2-9H2,1H3,(H,18,19). The third kappa shape index (κ3) is 3.49. The maximum atomic E-state index is 12.5. The van der Waals surface area contributed by atoms with Crippen molar-refractivity contribution in [3.8, 4) is 0 Å². The van der Waals surface area contributed by atoms with Crippen LogP contribution in [0.3, 0.4) is 0 Å². The minimum Gasteiger partial charge on any atom is -0.481 e. The molecule has 3 atom stereocenters. The van der Waals surface area contributed by atoms with Crippen molar-refractivity contribution in [2.24, 2.45) is 5.92 Å². The van der Waals surface area contributed by atoms with E-state index in [2.05, 4.69) is 5.32 Å². The van der Waals surface area contributed by atoms with Gasteiger partial charge in [-0.25, -0.2) is 0 Å². The molecule has 0 aromatic rings. The summed E-state index contributed by atoms with van der Waals surface area (Å²) < 4.78 is 5.29. The number of hydrogen-bond acceptors (Lipinski definition) is 4. The van der Waals surface area contributed by atoms with Crippen LogP contribution in [0.2, 0.25) is 0 Å². The molecule has 1 amide bonds. The number of aliphatic carboxylic acids is 1. The lowest BCUT2D eigenvalue weighted by atomic mass is 10.0. The van der Waals surface area contributed by atoms with Crippen LogP contribution in [0.25, 0.3) is 0 Å². The molecule has 2 aliphatic heterocycles. The zero-order chi connectivity index (χ0) is 14.5. The minimum absolute atomic E-state index is 0.0491. The Kier molecular flexibility index (Phi) is 5.37. The molecule has 2 saturated heterocycles. The second-order valence-corrected chi connectivity index (χ2v) is 5.63. The van der Waals surface area contributed by atoms with Crippen LogP contribution < -0.4 is 5.32 Å². The number of nitrogens with zero attached hydrogens (tertiary/aromatic N) is 1. The zero-order valence-electron chi connectivity index (χ0n) is 12.0. The Morgan fingerprint density at radius 1 is 1.40 bits per heavy atom. The van der Waals surface area contributed by atoms with Gasteiger partial charge in [-0.05, 0) is 25.8 Å². The first-order chi connectivity index (χ1) is 9.63. The van der Waals surface area contributed by atoms with E-state index >= 15 is 0 Å². The number of amides is 1. The smallest absolute Gasteiger partial charge is 0.311 e. The van der Waals surface area contributed by atoms with E-state index in [1.165, 1.54) is 0 Å². The lowest BCUT2D eigenvalue weighted by Crippen LogP contribution is -2.48. The topological polar surface area (TPSA) is 78.9 Å². The van der Waals surface area contributed by atoms with Gasteiger partial charge in [0.05, 0.1) is 19.3 Å². The summed E-state index contributed by atoms with van der Waals surface area (Å²) in [6, 6.07) is -0.0752. The van der Waals surface area contributed by atoms with Crippen molar-refractivity contribution in [3.63, 3.8) is 0 Å². The molecule has 0 bridgehead atoms. The summed E-state index contributed by atoms with van der Waals surface area (Å²) in [5, 5.41) is 12.6. The van der Waals surface area contributed by atoms with Crippen LogP contribution in [0.1, 0.15) is 32.6 Å². The number of nitrogens with one attached hydrogen (secondary N) is 1. The van der Waals surface area contributed by atoms with Crippen molar-refractivity contribution in [2.75, 3.05) is 26.3 Å². The number of carbonyl (C=O) groups excluding carboxylic acids is 1. The van der Waals surface area contributed by atoms with Crippen molar-refractivity contribution in [1.82, 2.24) is 10.2 Å². The van der Waals surface area contributed by atoms with E-state index in [0.717, 1.165) is 25.8 Å². The van der Waals surface area contributed by atoms with E-state index in [-0.39, 0.29) is 24.6 Å². The van der Waals surface area contributed by atoms with E-state index in [0.29, 0.717) is 19.6 Å². The van der Waals surface area contributed by atoms with Gasteiger partial charge in [0.2, 0.25) is 5.91 Å². The number of hydrogen-bond donors (Lipinski definition) is 2. The Hall–Kier alpha value is -1.14. The van der Waals surface area contributed by atoms with Gasteiger partial charge in [0, 0.05) is 19.0 Å². The Morgan fingerprint density at radius 3 is 2.80 bits per heavy atom. The summed E-state index contributed by atoms with van der Waals surface area (Å²) in [7, 11) is 0. The lowest BCUT2D eigenvalue weighted by molar-refractivity contribution is -0.145. The average molecular weight is 284 g/mol. The number of rotatable bonds is 6. The molecule has 0 aromatic heterocycles. The number of ether oxygens (including phenoxy) is 1. The highest BCUT2D eigenvalue weighted by molar-refractivity contribution is 5.79.